The van der Waals surface area contributed by atoms with E-state index in [4.69, 9.17) is 0 Å². The largest absolute Gasteiger partial charge is 0.348 e. The fourth-order valence-electron chi connectivity index (χ4n) is 4.04. The van der Waals surface area contributed by atoms with Crippen LogP contribution in [0.4, 0.5) is 5.69 Å². The molecule has 2 aliphatic carbocycles. The van der Waals surface area contributed by atoms with Crippen LogP contribution >= 0.6 is 0 Å². The van der Waals surface area contributed by atoms with E-state index in [1.807, 2.05) is 0 Å². The Morgan fingerprint density at radius 1 is 1.22 bits per heavy atom. The molecule has 2 fully saturated rings. The van der Waals surface area contributed by atoms with Crippen molar-refractivity contribution in [1.29, 1.82) is 0 Å². The third-order valence-corrected chi connectivity index (χ3v) is 5.24. The van der Waals surface area contributed by atoms with Gasteiger partial charge in [-0.15, -0.1) is 0 Å². The zero-order valence-electron chi connectivity index (χ0n) is 13.4. The number of nitrogens with zero attached hydrogens (tertiary/aromatic N) is 1. The number of nitrogens with one attached hydrogen (secondary N) is 2. The van der Waals surface area contributed by atoms with Crippen molar-refractivity contribution < 1.29 is 9.59 Å². The Hall–Kier alpha value is -2.11. The third-order valence-electron chi connectivity index (χ3n) is 5.24. The van der Waals surface area contributed by atoms with Crippen molar-refractivity contribution in [2.45, 2.75) is 32.1 Å². The molecule has 1 heterocycles. The summed E-state index contributed by atoms with van der Waals surface area (Å²) < 4.78 is 1.35. The number of aromatic nitrogens is 1. The van der Waals surface area contributed by atoms with E-state index in [2.05, 4.69) is 10.6 Å². The summed E-state index contributed by atoms with van der Waals surface area (Å²) in [6.45, 7) is 0.549. The maximum atomic E-state index is 11.9. The molecule has 0 aliphatic heterocycles. The van der Waals surface area contributed by atoms with Gasteiger partial charge < -0.3 is 15.2 Å². The molecular weight excluding hydrogens is 294 g/mol. The number of anilines is 1. The molecule has 0 unspecified atom stereocenters. The molecule has 0 spiro atoms. The van der Waals surface area contributed by atoms with Gasteiger partial charge in [0.15, 0.2) is 0 Å². The van der Waals surface area contributed by atoms with E-state index in [-0.39, 0.29) is 5.56 Å². The van der Waals surface area contributed by atoms with E-state index in [1.54, 1.807) is 7.05 Å². The zero-order valence-corrected chi connectivity index (χ0v) is 13.4. The lowest BCUT2D eigenvalue weighted by molar-refractivity contribution is -0.136. The highest BCUT2D eigenvalue weighted by Gasteiger charge is 2.38. The van der Waals surface area contributed by atoms with Gasteiger partial charge in [0.25, 0.3) is 0 Å². The lowest BCUT2D eigenvalue weighted by Crippen LogP contribution is -2.37. The zero-order chi connectivity index (χ0) is 16.4. The van der Waals surface area contributed by atoms with Crippen LogP contribution in [0.25, 0.3) is 0 Å². The van der Waals surface area contributed by atoms with Crippen molar-refractivity contribution in [2.24, 2.45) is 24.8 Å². The molecule has 1 aromatic rings. The third kappa shape index (κ3) is 3.63. The van der Waals surface area contributed by atoms with E-state index >= 15 is 0 Å². The van der Waals surface area contributed by atoms with Crippen LogP contribution in [0.5, 0.6) is 0 Å². The normalized spacial score (nSPS) is 25.3. The number of pyridine rings is 1. The molecule has 2 bridgehead atoms. The van der Waals surface area contributed by atoms with Crippen LogP contribution < -0.4 is 16.2 Å². The summed E-state index contributed by atoms with van der Waals surface area (Å²) in [5, 5.41) is 5.20. The molecule has 0 saturated heterocycles. The molecule has 3 rings (SSSR count). The van der Waals surface area contributed by atoms with Gasteiger partial charge in [-0.25, -0.2) is 0 Å². The Bertz CT molecular complexity index is 667. The second kappa shape index (κ2) is 6.56. The summed E-state index contributed by atoms with van der Waals surface area (Å²) >= 11 is 0. The Morgan fingerprint density at radius 3 is 2.70 bits per heavy atom. The van der Waals surface area contributed by atoms with Crippen molar-refractivity contribution >= 4 is 17.5 Å². The van der Waals surface area contributed by atoms with Gasteiger partial charge >= 0.3 is 11.8 Å². The predicted molar refractivity (Wildman–Crippen MR) is 86.9 cm³/mol. The highest BCUT2D eigenvalue weighted by Crippen LogP contribution is 2.49. The van der Waals surface area contributed by atoms with E-state index in [9.17, 15) is 14.4 Å². The Balaban J connectivity index is 1.43. The van der Waals surface area contributed by atoms with E-state index in [0.717, 1.165) is 18.3 Å². The van der Waals surface area contributed by atoms with Crippen LogP contribution in [0, 0.1) is 17.8 Å². The Kier molecular flexibility index (Phi) is 4.50. The molecule has 2 saturated carbocycles. The number of rotatable bonds is 4. The molecule has 6 heteroatoms. The van der Waals surface area contributed by atoms with Crippen LogP contribution in [0.3, 0.4) is 0 Å². The summed E-state index contributed by atoms with van der Waals surface area (Å²) in [6.07, 6.45) is 7.78. The summed E-state index contributed by atoms with van der Waals surface area (Å²) in [4.78, 5) is 35.0. The summed E-state index contributed by atoms with van der Waals surface area (Å²) in [6, 6.07) is 2.84. The molecule has 124 valence electrons. The highest BCUT2D eigenvalue weighted by atomic mass is 16.2. The van der Waals surface area contributed by atoms with Crippen LogP contribution in [-0.4, -0.2) is 22.9 Å². The first-order valence-corrected chi connectivity index (χ1v) is 8.29. The van der Waals surface area contributed by atoms with Crippen LogP contribution in [-0.2, 0) is 16.6 Å². The van der Waals surface area contributed by atoms with Gasteiger partial charge in [0.1, 0.15) is 0 Å². The molecule has 6 nitrogen and oxygen atoms in total. The number of aryl methyl sites for hydroxylation is 1. The van der Waals surface area contributed by atoms with Gasteiger partial charge in [0, 0.05) is 25.9 Å². The first-order chi connectivity index (χ1) is 11.0. The van der Waals surface area contributed by atoms with E-state index in [1.165, 1.54) is 48.6 Å². The first-order valence-electron chi connectivity index (χ1n) is 8.29. The van der Waals surface area contributed by atoms with Crippen molar-refractivity contribution in [2.75, 3.05) is 11.9 Å². The SMILES string of the molecule is Cn1cc(NC(=O)C(=O)NCC[C@H]2C[C@H]3CC[C@H]2C3)ccc1=O. The van der Waals surface area contributed by atoms with Gasteiger partial charge in [-0.1, -0.05) is 6.42 Å². The number of carbonyl (C=O) groups is 2. The van der Waals surface area contributed by atoms with Crippen LogP contribution in [0.1, 0.15) is 32.1 Å². The van der Waals surface area contributed by atoms with E-state index in [0.29, 0.717) is 18.2 Å². The number of hydrogen-bond donors (Lipinski definition) is 2. The van der Waals surface area contributed by atoms with Crippen molar-refractivity contribution in [1.82, 2.24) is 9.88 Å². The molecule has 2 N–H and O–H groups in total. The van der Waals surface area contributed by atoms with Gasteiger partial charge in [0.05, 0.1) is 5.69 Å². The average molecular weight is 317 g/mol. The summed E-state index contributed by atoms with van der Waals surface area (Å²) in [7, 11) is 1.59. The minimum atomic E-state index is -0.698. The number of amides is 2. The molecular formula is C17H23N3O3. The molecule has 23 heavy (non-hydrogen) atoms. The topological polar surface area (TPSA) is 80.2 Å². The monoisotopic (exact) mass is 317 g/mol. The van der Waals surface area contributed by atoms with Crippen LogP contribution in [0.2, 0.25) is 0 Å². The average Bonchev–Trinajstić information content (AvgIpc) is 3.13. The predicted octanol–water partition coefficient (Wildman–Crippen LogP) is 1.27. The first kappa shape index (κ1) is 15.8. The Morgan fingerprint density at radius 2 is 2.04 bits per heavy atom. The van der Waals surface area contributed by atoms with Gasteiger partial charge in [0.2, 0.25) is 5.56 Å². The molecule has 2 aliphatic rings. The highest BCUT2D eigenvalue weighted by molar-refractivity contribution is 6.39. The van der Waals surface area contributed by atoms with Gasteiger partial charge in [-0.3, -0.25) is 14.4 Å². The second-order valence-electron chi connectivity index (χ2n) is 6.80. The maximum absolute atomic E-state index is 11.9. The summed E-state index contributed by atoms with van der Waals surface area (Å²) in [5.74, 6) is 1.12. The fourth-order valence-corrected chi connectivity index (χ4v) is 4.04. The molecule has 0 aromatic carbocycles. The lowest BCUT2D eigenvalue weighted by Gasteiger charge is -2.21. The lowest BCUT2D eigenvalue weighted by atomic mass is 9.86. The van der Waals surface area contributed by atoms with Gasteiger partial charge in [-0.05, 0) is 49.5 Å². The molecule has 2 amide bonds. The quantitative estimate of drug-likeness (QED) is 0.821. The number of hydrogen-bond acceptors (Lipinski definition) is 3. The van der Waals surface area contributed by atoms with Crippen molar-refractivity contribution in [3.8, 4) is 0 Å². The fraction of sp³-hybridized carbons (Fsp3) is 0.588. The van der Waals surface area contributed by atoms with Crippen molar-refractivity contribution in [3.05, 3.63) is 28.7 Å². The molecule has 0 radical (unpaired) electrons. The second-order valence-corrected chi connectivity index (χ2v) is 6.80. The molecule has 1 aromatic heterocycles. The van der Waals surface area contributed by atoms with E-state index < -0.39 is 11.8 Å². The molecule has 3 atom stereocenters. The smallest absolute Gasteiger partial charge is 0.313 e. The van der Waals surface area contributed by atoms with Crippen molar-refractivity contribution in [3.63, 3.8) is 0 Å². The maximum Gasteiger partial charge on any atom is 0.313 e. The summed E-state index contributed by atoms with van der Waals surface area (Å²) in [5.41, 5.74) is 0.263. The standard InChI is InChI=1S/C17H23N3O3/c1-20-10-14(4-5-15(20)21)19-17(23)16(22)18-7-6-13-9-11-2-3-12(13)8-11/h4-5,10-13H,2-3,6-9H2,1H3,(H,18,22)(H,19,23)/t11-,12-,13-/m0/s1. The van der Waals surface area contributed by atoms with Gasteiger partial charge in [-0.2, -0.15) is 0 Å². The minimum absolute atomic E-state index is 0.168. The number of carbonyl (C=O) groups excluding carboxylic acids is 2. The minimum Gasteiger partial charge on any atom is -0.348 e. The number of fused-ring (bicyclic) bond motifs is 2. The Labute approximate surface area is 135 Å². The van der Waals surface area contributed by atoms with Crippen LogP contribution in [0.15, 0.2) is 23.1 Å².